The molecule has 0 fully saturated rings. The number of amides is 1. The standard InChI is InChI=1S/C25H21ClN2O2S/c26-20-13-11-19(12-14-20)24-23(18-9-5-2-6-10-18)28-25(31-24)27-22(30)16-15-21(29)17-7-3-1-4-8-17/h1-14,21,29H,15-16H2,(H,27,28,30)/t21-/m0/s1. The number of rotatable bonds is 7. The predicted molar refractivity (Wildman–Crippen MR) is 127 cm³/mol. The van der Waals surface area contributed by atoms with Crippen LogP contribution in [-0.2, 0) is 4.79 Å². The fourth-order valence-electron chi connectivity index (χ4n) is 3.25. The fraction of sp³-hybridized carbons (Fsp3) is 0.120. The molecule has 6 heteroatoms. The van der Waals surface area contributed by atoms with Crippen LogP contribution in [0.5, 0.6) is 0 Å². The smallest absolute Gasteiger partial charge is 0.226 e. The van der Waals surface area contributed by atoms with Gasteiger partial charge in [-0.3, -0.25) is 4.79 Å². The van der Waals surface area contributed by atoms with Crippen molar-refractivity contribution in [2.45, 2.75) is 18.9 Å². The van der Waals surface area contributed by atoms with E-state index in [1.807, 2.05) is 84.9 Å². The maximum Gasteiger partial charge on any atom is 0.226 e. The van der Waals surface area contributed by atoms with Crippen LogP contribution in [0.2, 0.25) is 5.02 Å². The number of thiazole rings is 1. The zero-order valence-corrected chi connectivity index (χ0v) is 18.2. The van der Waals surface area contributed by atoms with Crippen LogP contribution in [0.25, 0.3) is 21.7 Å². The molecule has 0 radical (unpaired) electrons. The van der Waals surface area contributed by atoms with Crippen molar-refractivity contribution in [2.24, 2.45) is 0 Å². The third-order valence-corrected chi connectivity index (χ3v) is 6.13. The van der Waals surface area contributed by atoms with Crippen LogP contribution in [0, 0.1) is 0 Å². The van der Waals surface area contributed by atoms with Gasteiger partial charge >= 0.3 is 0 Å². The van der Waals surface area contributed by atoms with E-state index in [1.165, 1.54) is 11.3 Å². The molecule has 0 saturated carbocycles. The normalized spacial score (nSPS) is 11.8. The largest absolute Gasteiger partial charge is 0.388 e. The summed E-state index contributed by atoms with van der Waals surface area (Å²) in [6.07, 6.45) is -0.128. The Morgan fingerprint density at radius 3 is 2.26 bits per heavy atom. The minimum Gasteiger partial charge on any atom is -0.388 e. The van der Waals surface area contributed by atoms with E-state index in [-0.39, 0.29) is 12.3 Å². The van der Waals surface area contributed by atoms with E-state index in [0.717, 1.165) is 27.3 Å². The molecule has 1 aromatic heterocycles. The van der Waals surface area contributed by atoms with Gasteiger partial charge in [-0.05, 0) is 29.7 Å². The number of carbonyl (C=O) groups is 1. The van der Waals surface area contributed by atoms with Crippen LogP contribution in [0.1, 0.15) is 24.5 Å². The van der Waals surface area contributed by atoms with Crippen molar-refractivity contribution in [3.05, 3.63) is 95.5 Å². The van der Waals surface area contributed by atoms with Gasteiger partial charge in [-0.15, -0.1) is 0 Å². The summed E-state index contributed by atoms with van der Waals surface area (Å²) >= 11 is 7.47. The molecule has 0 unspecified atom stereocenters. The number of nitrogens with one attached hydrogen (secondary N) is 1. The lowest BCUT2D eigenvalue weighted by atomic mass is 10.1. The highest BCUT2D eigenvalue weighted by atomic mass is 35.5. The van der Waals surface area contributed by atoms with Crippen molar-refractivity contribution >= 4 is 34.0 Å². The second-order valence-corrected chi connectivity index (χ2v) is 8.52. The number of aliphatic hydroxyl groups excluding tert-OH is 1. The molecule has 0 aliphatic carbocycles. The van der Waals surface area contributed by atoms with Gasteiger partial charge in [0.1, 0.15) is 0 Å². The maximum absolute atomic E-state index is 12.5. The first-order valence-electron chi connectivity index (χ1n) is 9.95. The van der Waals surface area contributed by atoms with E-state index in [0.29, 0.717) is 16.6 Å². The molecule has 0 spiro atoms. The van der Waals surface area contributed by atoms with Crippen molar-refractivity contribution in [2.75, 3.05) is 5.32 Å². The number of aliphatic hydroxyl groups is 1. The second kappa shape index (κ2) is 9.88. The van der Waals surface area contributed by atoms with Crippen LogP contribution in [0.4, 0.5) is 5.13 Å². The number of hydrogen-bond donors (Lipinski definition) is 2. The topological polar surface area (TPSA) is 62.2 Å². The Bertz CT molecular complexity index is 1150. The first-order valence-corrected chi connectivity index (χ1v) is 11.1. The van der Waals surface area contributed by atoms with Gasteiger partial charge in [-0.2, -0.15) is 0 Å². The summed E-state index contributed by atoms with van der Waals surface area (Å²) < 4.78 is 0. The summed E-state index contributed by atoms with van der Waals surface area (Å²) in [6.45, 7) is 0. The average Bonchev–Trinajstić information content (AvgIpc) is 3.22. The number of benzene rings is 3. The van der Waals surface area contributed by atoms with Crippen molar-refractivity contribution in [3.63, 3.8) is 0 Å². The van der Waals surface area contributed by atoms with E-state index in [1.54, 1.807) is 0 Å². The van der Waals surface area contributed by atoms with Crippen LogP contribution < -0.4 is 5.32 Å². The summed E-state index contributed by atoms with van der Waals surface area (Å²) in [6, 6.07) is 26.8. The molecule has 1 amide bonds. The van der Waals surface area contributed by atoms with Crippen molar-refractivity contribution in [3.8, 4) is 21.7 Å². The lowest BCUT2D eigenvalue weighted by Crippen LogP contribution is -2.12. The number of aromatic nitrogens is 1. The highest BCUT2D eigenvalue weighted by Gasteiger charge is 2.17. The Kier molecular flexibility index (Phi) is 6.77. The Morgan fingerprint density at radius 2 is 1.58 bits per heavy atom. The molecule has 0 bridgehead atoms. The molecule has 156 valence electrons. The predicted octanol–water partition coefficient (Wildman–Crippen LogP) is 6.58. The van der Waals surface area contributed by atoms with Gasteiger partial charge in [0.05, 0.1) is 16.7 Å². The zero-order chi connectivity index (χ0) is 21.6. The fourth-order valence-corrected chi connectivity index (χ4v) is 4.39. The third kappa shape index (κ3) is 5.39. The van der Waals surface area contributed by atoms with E-state index in [4.69, 9.17) is 16.6 Å². The van der Waals surface area contributed by atoms with Gasteiger partial charge in [-0.25, -0.2) is 4.98 Å². The van der Waals surface area contributed by atoms with Gasteiger partial charge in [0, 0.05) is 17.0 Å². The molecule has 31 heavy (non-hydrogen) atoms. The van der Waals surface area contributed by atoms with Gasteiger partial charge in [0.2, 0.25) is 5.91 Å². The molecule has 4 nitrogen and oxygen atoms in total. The SMILES string of the molecule is O=C(CC[C@H](O)c1ccccc1)Nc1nc(-c2ccccc2)c(-c2ccc(Cl)cc2)s1. The van der Waals surface area contributed by atoms with Crippen LogP contribution >= 0.6 is 22.9 Å². The number of nitrogens with zero attached hydrogens (tertiary/aromatic N) is 1. The van der Waals surface area contributed by atoms with E-state index >= 15 is 0 Å². The molecular weight excluding hydrogens is 428 g/mol. The monoisotopic (exact) mass is 448 g/mol. The minimum atomic E-state index is -0.673. The molecule has 0 aliphatic heterocycles. The first-order chi connectivity index (χ1) is 15.1. The number of anilines is 1. The number of carbonyl (C=O) groups excluding carboxylic acids is 1. The zero-order valence-electron chi connectivity index (χ0n) is 16.7. The Labute approximate surface area is 190 Å². The lowest BCUT2D eigenvalue weighted by Gasteiger charge is -2.10. The molecular formula is C25H21ClN2O2S. The third-order valence-electron chi connectivity index (χ3n) is 4.86. The maximum atomic E-state index is 12.5. The Balaban J connectivity index is 1.52. The highest BCUT2D eigenvalue weighted by molar-refractivity contribution is 7.19. The quantitative estimate of drug-likeness (QED) is 0.335. The van der Waals surface area contributed by atoms with Gasteiger partial charge < -0.3 is 10.4 Å². The van der Waals surface area contributed by atoms with Gasteiger partial charge in [0.25, 0.3) is 0 Å². The Hall–Kier alpha value is -2.99. The molecule has 0 aliphatic rings. The molecule has 4 rings (SSSR count). The molecule has 4 aromatic rings. The van der Waals surface area contributed by atoms with E-state index < -0.39 is 6.10 Å². The second-order valence-electron chi connectivity index (χ2n) is 7.08. The molecule has 1 heterocycles. The van der Waals surface area contributed by atoms with Crippen LogP contribution in [0.15, 0.2) is 84.9 Å². The molecule has 1 atom stereocenters. The van der Waals surface area contributed by atoms with E-state index in [9.17, 15) is 9.90 Å². The molecule has 3 aromatic carbocycles. The molecule has 0 saturated heterocycles. The summed E-state index contributed by atoms with van der Waals surface area (Å²) in [4.78, 5) is 18.2. The van der Waals surface area contributed by atoms with Crippen LogP contribution in [-0.4, -0.2) is 16.0 Å². The number of hydrogen-bond acceptors (Lipinski definition) is 4. The average molecular weight is 449 g/mol. The highest BCUT2D eigenvalue weighted by Crippen LogP contribution is 2.39. The van der Waals surface area contributed by atoms with Crippen molar-refractivity contribution in [1.82, 2.24) is 4.98 Å². The minimum absolute atomic E-state index is 0.175. The summed E-state index contributed by atoms with van der Waals surface area (Å²) in [5.74, 6) is -0.175. The Morgan fingerprint density at radius 1 is 0.935 bits per heavy atom. The lowest BCUT2D eigenvalue weighted by molar-refractivity contribution is -0.116. The van der Waals surface area contributed by atoms with Gasteiger partial charge in [-0.1, -0.05) is 95.7 Å². The molecule has 2 N–H and O–H groups in total. The summed E-state index contributed by atoms with van der Waals surface area (Å²) in [5, 5.41) is 14.4. The number of halogens is 1. The first kappa shape index (κ1) is 21.2. The van der Waals surface area contributed by atoms with Crippen LogP contribution in [0.3, 0.4) is 0 Å². The van der Waals surface area contributed by atoms with E-state index in [2.05, 4.69) is 5.32 Å². The summed E-state index contributed by atoms with van der Waals surface area (Å²) in [5.41, 5.74) is 3.58. The van der Waals surface area contributed by atoms with Gasteiger partial charge in [0.15, 0.2) is 5.13 Å². The van der Waals surface area contributed by atoms with Crippen molar-refractivity contribution < 1.29 is 9.90 Å². The summed E-state index contributed by atoms with van der Waals surface area (Å²) in [7, 11) is 0. The van der Waals surface area contributed by atoms with Crippen molar-refractivity contribution in [1.29, 1.82) is 0 Å².